The lowest BCUT2D eigenvalue weighted by Gasteiger charge is -2.11. The van der Waals surface area contributed by atoms with Crippen molar-refractivity contribution in [1.82, 2.24) is 24.2 Å². The Kier molecular flexibility index (Phi) is 4.71. The van der Waals surface area contributed by atoms with E-state index in [2.05, 4.69) is 84.4 Å². The van der Waals surface area contributed by atoms with Gasteiger partial charge in [0.2, 0.25) is 0 Å². The summed E-state index contributed by atoms with van der Waals surface area (Å²) in [6.07, 6.45) is 1.68. The molecule has 4 aromatic rings. The van der Waals surface area contributed by atoms with Gasteiger partial charge in [-0.05, 0) is 73.0 Å². The van der Waals surface area contributed by atoms with Crippen LogP contribution in [0.1, 0.15) is 11.4 Å². The maximum absolute atomic E-state index is 6.15. The van der Waals surface area contributed by atoms with Crippen molar-refractivity contribution in [2.45, 2.75) is 18.7 Å². The SMILES string of the molecule is CNSc1cccc(-n2c(C)cc(-c3nc4ncc(Br)c(N)c4[nH]3)c2C)c1. The van der Waals surface area contributed by atoms with Crippen molar-refractivity contribution in [3.63, 3.8) is 0 Å². The number of nitrogens with zero attached hydrogens (tertiary/aromatic N) is 3. The molecule has 1 aromatic carbocycles. The van der Waals surface area contributed by atoms with Gasteiger partial charge in [0.25, 0.3) is 0 Å². The maximum Gasteiger partial charge on any atom is 0.180 e. The van der Waals surface area contributed by atoms with Crippen molar-refractivity contribution in [3.8, 4) is 17.1 Å². The number of H-pyrrole nitrogens is 1. The molecule has 0 fully saturated rings. The monoisotopic (exact) mass is 442 g/mol. The van der Waals surface area contributed by atoms with Gasteiger partial charge < -0.3 is 15.3 Å². The number of nitrogens with two attached hydrogens (primary N) is 1. The Morgan fingerprint density at radius 3 is 2.85 bits per heavy atom. The number of benzene rings is 1. The van der Waals surface area contributed by atoms with E-state index in [0.29, 0.717) is 11.3 Å². The van der Waals surface area contributed by atoms with Crippen LogP contribution in [0.3, 0.4) is 0 Å². The first kappa shape index (κ1) is 18.1. The molecular weight excluding hydrogens is 424 g/mol. The molecule has 0 aliphatic heterocycles. The molecule has 3 heterocycles. The molecule has 0 amide bonds. The summed E-state index contributed by atoms with van der Waals surface area (Å²) in [5.41, 5.74) is 12.5. The van der Waals surface area contributed by atoms with E-state index in [1.807, 2.05) is 7.05 Å². The Bertz CT molecular complexity index is 1150. The van der Waals surface area contributed by atoms with Crippen LogP contribution in [-0.4, -0.2) is 26.6 Å². The molecule has 27 heavy (non-hydrogen) atoms. The van der Waals surface area contributed by atoms with Crippen LogP contribution in [0.2, 0.25) is 0 Å². The largest absolute Gasteiger partial charge is 0.396 e. The predicted octanol–water partition coefficient (Wildman–Crippen LogP) is 4.60. The first-order chi connectivity index (χ1) is 13.0. The first-order valence-corrected chi connectivity index (χ1v) is 10.0. The molecule has 4 N–H and O–H groups in total. The van der Waals surface area contributed by atoms with Crippen LogP contribution in [0.15, 0.2) is 45.9 Å². The molecule has 0 saturated heterocycles. The molecule has 6 nitrogen and oxygen atoms in total. The Morgan fingerprint density at radius 2 is 2.07 bits per heavy atom. The highest BCUT2D eigenvalue weighted by Gasteiger charge is 2.17. The number of nitrogens with one attached hydrogen (secondary N) is 2. The van der Waals surface area contributed by atoms with E-state index < -0.39 is 0 Å². The second kappa shape index (κ2) is 7.03. The van der Waals surface area contributed by atoms with Gasteiger partial charge in [0, 0.05) is 33.7 Å². The standard InChI is InChI=1S/C19H19BrN6S/c1-10-7-14(18-24-17-16(21)15(20)9-23-19(17)25-18)11(2)26(10)12-5-4-6-13(8-12)27-22-3/h4-9,22H,1-3H3,(H3,21,23,24,25). The molecular formula is C19H19BrN6S. The number of imidazole rings is 1. The number of aromatic amines is 1. The summed E-state index contributed by atoms with van der Waals surface area (Å²) in [5.74, 6) is 0.766. The molecule has 138 valence electrons. The van der Waals surface area contributed by atoms with Gasteiger partial charge in [-0.15, -0.1) is 0 Å². The quantitative estimate of drug-likeness (QED) is 0.402. The number of nitrogen functional groups attached to an aromatic ring is 1. The third-order valence-corrected chi connectivity index (χ3v) is 5.82. The summed E-state index contributed by atoms with van der Waals surface area (Å²) < 4.78 is 6.11. The summed E-state index contributed by atoms with van der Waals surface area (Å²) >= 11 is 5.01. The zero-order valence-corrected chi connectivity index (χ0v) is 17.6. The molecule has 0 radical (unpaired) electrons. The number of aryl methyl sites for hydroxylation is 1. The van der Waals surface area contributed by atoms with Crippen molar-refractivity contribution < 1.29 is 0 Å². The van der Waals surface area contributed by atoms with Gasteiger partial charge in [-0.25, -0.2) is 9.97 Å². The smallest absolute Gasteiger partial charge is 0.180 e. The Labute approximate surface area is 169 Å². The third-order valence-electron chi connectivity index (χ3n) is 4.49. The third kappa shape index (κ3) is 3.13. The fourth-order valence-corrected chi connectivity index (χ4v) is 4.15. The number of hydrogen-bond donors (Lipinski definition) is 3. The van der Waals surface area contributed by atoms with Gasteiger partial charge in [0.15, 0.2) is 5.65 Å². The van der Waals surface area contributed by atoms with E-state index in [0.717, 1.165) is 43.3 Å². The van der Waals surface area contributed by atoms with Crippen LogP contribution >= 0.6 is 27.9 Å². The molecule has 3 aromatic heterocycles. The lowest BCUT2D eigenvalue weighted by atomic mass is 10.2. The number of anilines is 1. The number of rotatable bonds is 4. The second-order valence-electron chi connectivity index (χ2n) is 6.23. The average Bonchev–Trinajstić information content (AvgIpc) is 3.20. The number of hydrogen-bond acceptors (Lipinski definition) is 5. The van der Waals surface area contributed by atoms with Crippen LogP contribution in [-0.2, 0) is 0 Å². The fourth-order valence-electron chi connectivity index (χ4n) is 3.28. The average molecular weight is 443 g/mol. The Balaban J connectivity index is 1.84. The van der Waals surface area contributed by atoms with Gasteiger partial charge in [-0.1, -0.05) is 6.07 Å². The van der Waals surface area contributed by atoms with Crippen LogP contribution in [0.25, 0.3) is 28.2 Å². The number of aromatic nitrogens is 4. The minimum atomic E-state index is 0.614. The van der Waals surface area contributed by atoms with Crippen LogP contribution in [0.4, 0.5) is 5.69 Å². The molecule has 0 bridgehead atoms. The van der Waals surface area contributed by atoms with Crippen LogP contribution < -0.4 is 10.5 Å². The highest BCUT2D eigenvalue weighted by Crippen LogP contribution is 2.32. The van der Waals surface area contributed by atoms with E-state index >= 15 is 0 Å². The van der Waals surface area contributed by atoms with Crippen molar-refractivity contribution in [2.24, 2.45) is 0 Å². The van der Waals surface area contributed by atoms with E-state index in [9.17, 15) is 0 Å². The van der Waals surface area contributed by atoms with Crippen LogP contribution in [0.5, 0.6) is 0 Å². The lowest BCUT2D eigenvalue weighted by molar-refractivity contribution is 0.960. The van der Waals surface area contributed by atoms with Gasteiger partial charge in [0.05, 0.1) is 10.2 Å². The van der Waals surface area contributed by atoms with Crippen molar-refractivity contribution >= 4 is 44.7 Å². The first-order valence-electron chi connectivity index (χ1n) is 8.42. The van der Waals surface area contributed by atoms with Gasteiger partial charge in [0.1, 0.15) is 11.3 Å². The van der Waals surface area contributed by atoms with Gasteiger partial charge in [-0.3, -0.25) is 4.72 Å². The van der Waals surface area contributed by atoms with Gasteiger partial charge >= 0.3 is 0 Å². The summed E-state index contributed by atoms with van der Waals surface area (Å²) in [7, 11) is 1.92. The van der Waals surface area contributed by atoms with Gasteiger partial charge in [-0.2, -0.15) is 0 Å². The topological polar surface area (TPSA) is 84.6 Å². The summed E-state index contributed by atoms with van der Waals surface area (Å²) in [6, 6.07) is 10.6. The number of fused-ring (bicyclic) bond motifs is 1. The van der Waals surface area contributed by atoms with Crippen molar-refractivity contribution in [3.05, 3.63) is 52.4 Å². The number of pyridine rings is 1. The molecule has 0 saturated carbocycles. The maximum atomic E-state index is 6.15. The summed E-state index contributed by atoms with van der Waals surface area (Å²) in [4.78, 5) is 13.5. The minimum absolute atomic E-state index is 0.614. The highest BCUT2D eigenvalue weighted by molar-refractivity contribution is 9.10. The molecule has 0 atom stereocenters. The van der Waals surface area contributed by atoms with Crippen molar-refractivity contribution in [2.75, 3.05) is 12.8 Å². The minimum Gasteiger partial charge on any atom is -0.396 e. The van der Waals surface area contributed by atoms with E-state index in [-0.39, 0.29) is 0 Å². The summed E-state index contributed by atoms with van der Waals surface area (Å²) in [5, 5.41) is 0. The lowest BCUT2D eigenvalue weighted by Crippen LogP contribution is -2.00. The predicted molar refractivity (Wildman–Crippen MR) is 115 cm³/mol. The summed E-state index contributed by atoms with van der Waals surface area (Å²) in [6.45, 7) is 4.19. The zero-order chi connectivity index (χ0) is 19.1. The van der Waals surface area contributed by atoms with Crippen LogP contribution in [0, 0.1) is 13.8 Å². The highest BCUT2D eigenvalue weighted by atomic mass is 79.9. The fraction of sp³-hybridized carbons (Fsp3) is 0.158. The molecule has 0 unspecified atom stereocenters. The normalized spacial score (nSPS) is 11.4. The van der Waals surface area contributed by atoms with E-state index in [1.165, 1.54) is 0 Å². The number of halogens is 1. The van der Waals surface area contributed by atoms with Crippen molar-refractivity contribution in [1.29, 1.82) is 0 Å². The molecule has 0 aliphatic rings. The van der Waals surface area contributed by atoms with E-state index in [1.54, 1.807) is 18.1 Å². The molecule has 0 aliphatic carbocycles. The molecule has 4 rings (SSSR count). The Hall–Kier alpha value is -2.29. The zero-order valence-electron chi connectivity index (χ0n) is 15.2. The van der Waals surface area contributed by atoms with E-state index in [4.69, 9.17) is 5.73 Å². The Morgan fingerprint density at radius 1 is 1.26 bits per heavy atom. The second-order valence-corrected chi connectivity index (χ2v) is 8.17. The molecule has 8 heteroatoms. The molecule has 0 spiro atoms.